The van der Waals surface area contributed by atoms with Gasteiger partial charge in [-0.05, 0) is 25.5 Å². The predicted molar refractivity (Wildman–Crippen MR) is 80.2 cm³/mol. The minimum atomic E-state index is -0.228. The van der Waals surface area contributed by atoms with E-state index in [1.807, 2.05) is 12.3 Å². The molecule has 21 heavy (non-hydrogen) atoms. The van der Waals surface area contributed by atoms with Gasteiger partial charge in [0.05, 0.1) is 17.6 Å². The number of β-amino-alcohol motifs (C(OH)–C–C–N with tert-alkyl or cyclic N) is 2. The van der Waals surface area contributed by atoms with E-state index in [0.717, 1.165) is 49.3 Å². The van der Waals surface area contributed by atoms with Gasteiger partial charge in [0.25, 0.3) is 0 Å². The Morgan fingerprint density at radius 3 is 2.71 bits per heavy atom. The molecule has 2 unspecified atom stereocenters. The smallest absolute Gasteiger partial charge is 0.142 e. The maximum absolute atomic E-state index is 9.49. The van der Waals surface area contributed by atoms with Crippen LogP contribution in [0.3, 0.4) is 0 Å². The number of fused-ring (bicyclic) bond motifs is 1. The zero-order chi connectivity index (χ0) is 14.7. The van der Waals surface area contributed by atoms with Crippen LogP contribution < -0.4 is 10.2 Å². The van der Waals surface area contributed by atoms with Gasteiger partial charge in [0.15, 0.2) is 0 Å². The lowest BCUT2D eigenvalue weighted by Gasteiger charge is -2.16. The molecule has 2 aromatic rings. The summed E-state index contributed by atoms with van der Waals surface area (Å²) >= 11 is 0. The number of aliphatic hydroxyl groups is 2. The summed E-state index contributed by atoms with van der Waals surface area (Å²) in [4.78, 5) is 13.6. The largest absolute Gasteiger partial charge is 0.392 e. The third-order valence-electron chi connectivity index (χ3n) is 3.83. The molecule has 2 aliphatic rings. The Kier molecular flexibility index (Phi) is 4.33. The number of H-pyrrole nitrogens is 1. The molecule has 2 aromatic heterocycles. The molecule has 0 aromatic carbocycles. The predicted octanol–water partition coefficient (Wildman–Crippen LogP) is -0.130. The molecule has 0 amide bonds. The van der Waals surface area contributed by atoms with Crippen LogP contribution >= 0.6 is 0 Å². The van der Waals surface area contributed by atoms with Crippen molar-refractivity contribution in [1.82, 2.24) is 20.3 Å². The van der Waals surface area contributed by atoms with Crippen molar-refractivity contribution in [1.29, 1.82) is 0 Å². The number of rotatable bonds is 1. The summed E-state index contributed by atoms with van der Waals surface area (Å²) < 4.78 is 0. The molecule has 7 nitrogen and oxygen atoms in total. The molecule has 0 saturated carbocycles. The van der Waals surface area contributed by atoms with Crippen molar-refractivity contribution in [2.24, 2.45) is 0 Å². The maximum Gasteiger partial charge on any atom is 0.142 e. The summed E-state index contributed by atoms with van der Waals surface area (Å²) in [5.74, 6) is 0.915. The molecular formula is C14H21N5O2. The molecule has 4 N–H and O–H groups in total. The second kappa shape index (κ2) is 6.38. The van der Waals surface area contributed by atoms with E-state index in [-0.39, 0.29) is 12.2 Å². The Morgan fingerprint density at radius 1 is 1.19 bits per heavy atom. The van der Waals surface area contributed by atoms with Gasteiger partial charge < -0.3 is 25.4 Å². The second-order valence-corrected chi connectivity index (χ2v) is 5.47. The first-order chi connectivity index (χ1) is 10.2. The monoisotopic (exact) mass is 291 g/mol. The van der Waals surface area contributed by atoms with Crippen LogP contribution in [0, 0.1) is 0 Å². The van der Waals surface area contributed by atoms with Crippen molar-refractivity contribution in [3.05, 3.63) is 18.6 Å². The van der Waals surface area contributed by atoms with E-state index in [1.165, 1.54) is 0 Å². The summed E-state index contributed by atoms with van der Waals surface area (Å²) in [6.07, 6.45) is 4.86. The Labute approximate surface area is 123 Å². The van der Waals surface area contributed by atoms with Gasteiger partial charge in [0, 0.05) is 25.8 Å². The lowest BCUT2D eigenvalue weighted by Crippen LogP contribution is -2.22. The lowest BCUT2D eigenvalue weighted by atomic mass is 10.3. The van der Waals surface area contributed by atoms with Crippen LogP contribution in [-0.2, 0) is 0 Å². The zero-order valence-electron chi connectivity index (χ0n) is 11.9. The fourth-order valence-electron chi connectivity index (χ4n) is 2.68. The number of aromatic amines is 1. The molecule has 2 atom stereocenters. The first-order valence-corrected chi connectivity index (χ1v) is 7.34. The Morgan fingerprint density at radius 2 is 2.10 bits per heavy atom. The van der Waals surface area contributed by atoms with E-state index in [4.69, 9.17) is 5.11 Å². The van der Waals surface area contributed by atoms with Gasteiger partial charge in [0.2, 0.25) is 0 Å². The Bertz CT molecular complexity index is 582. The van der Waals surface area contributed by atoms with Gasteiger partial charge in [-0.15, -0.1) is 0 Å². The van der Waals surface area contributed by atoms with E-state index in [1.54, 1.807) is 6.33 Å². The number of nitrogens with one attached hydrogen (secondary N) is 2. The van der Waals surface area contributed by atoms with E-state index in [2.05, 4.69) is 25.2 Å². The summed E-state index contributed by atoms with van der Waals surface area (Å²) in [5, 5.41) is 22.2. The Hall–Kier alpha value is -1.70. The number of aliphatic hydroxyl groups excluding tert-OH is 2. The number of hydrogen-bond acceptors (Lipinski definition) is 6. The first-order valence-electron chi connectivity index (χ1n) is 7.34. The van der Waals surface area contributed by atoms with Gasteiger partial charge in [0.1, 0.15) is 17.8 Å². The minimum absolute atomic E-state index is 0.0648. The van der Waals surface area contributed by atoms with Gasteiger partial charge in [-0.2, -0.15) is 0 Å². The van der Waals surface area contributed by atoms with Gasteiger partial charge in [-0.1, -0.05) is 0 Å². The van der Waals surface area contributed by atoms with Crippen molar-refractivity contribution in [3.63, 3.8) is 0 Å². The SMILES string of the molecule is OC1CCN(c2ncnc3[nH]ccc23)C1.OC1CCNC1. The van der Waals surface area contributed by atoms with Crippen molar-refractivity contribution in [2.45, 2.75) is 25.0 Å². The standard InChI is InChI=1S/C10H12N4O.C4H9NO/c15-7-2-4-14(5-7)10-8-1-3-11-9(8)12-6-13-10;6-4-1-2-5-3-4/h1,3,6-7,15H,2,4-5H2,(H,11,12,13);4-6H,1-3H2. The molecule has 2 fully saturated rings. The third-order valence-corrected chi connectivity index (χ3v) is 3.83. The minimum Gasteiger partial charge on any atom is -0.392 e. The molecule has 0 spiro atoms. The number of nitrogens with zero attached hydrogens (tertiary/aromatic N) is 3. The van der Waals surface area contributed by atoms with Crippen molar-refractivity contribution >= 4 is 16.9 Å². The number of hydrogen-bond donors (Lipinski definition) is 4. The lowest BCUT2D eigenvalue weighted by molar-refractivity contribution is 0.196. The average molecular weight is 291 g/mol. The van der Waals surface area contributed by atoms with E-state index in [9.17, 15) is 5.11 Å². The van der Waals surface area contributed by atoms with Crippen molar-refractivity contribution in [2.75, 3.05) is 31.1 Å². The summed E-state index contributed by atoms with van der Waals surface area (Å²) in [6, 6.07) is 1.97. The molecule has 0 aliphatic carbocycles. The topological polar surface area (TPSA) is 97.3 Å². The van der Waals surface area contributed by atoms with Crippen LogP contribution in [0.4, 0.5) is 5.82 Å². The van der Waals surface area contributed by atoms with Gasteiger partial charge in [-0.3, -0.25) is 0 Å². The highest BCUT2D eigenvalue weighted by molar-refractivity contribution is 5.87. The zero-order valence-corrected chi connectivity index (χ0v) is 11.9. The van der Waals surface area contributed by atoms with Gasteiger partial charge in [-0.25, -0.2) is 9.97 Å². The van der Waals surface area contributed by atoms with Crippen LogP contribution in [0.5, 0.6) is 0 Å². The highest BCUT2D eigenvalue weighted by atomic mass is 16.3. The number of anilines is 1. The summed E-state index contributed by atoms with van der Waals surface area (Å²) in [7, 11) is 0. The molecule has 0 radical (unpaired) electrons. The average Bonchev–Trinajstić information content (AvgIpc) is 3.20. The normalized spacial score (nSPS) is 25.1. The molecule has 114 valence electrons. The Balaban J connectivity index is 0.000000186. The fraction of sp³-hybridized carbons (Fsp3) is 0.571. The highest BCUT2D eigenvalue weighted by Gasteiger charge is 2.22. The maximum atomic E-state index is 9.49. The van der Waals surface area contributed by atoms with Crippen LogP contribution in [0.15, 0.2) is 18.6 Å². The van der Waals surface area contributed by atoms with Crippen LogP contribution in [0.1, 0.15) is 12.8 Å². The highest BCUT2D eigenvalue weighted by Crippen LogP contribution is 2.25. The second-order valence-electron chi connectivity index (χ2n) is 5.47. The number of aromatic nitrogens is 3. The van der Waals surface area contributed by atoms with Crippen LogP contribution in [-0.4, -0.2) is 63.6 Å². The molecule has 4 rings (SSSR count). The molecule has 7 heteroatoms. The fourth-order valence-corrected chi connectivity index (χ4v) is 2.68. The van der Waals surface area contributed by atoms with E-state index >= 15 is 0 Å². The van der Waals surface area contributed by atoms with Crippen LogP contribution in [0.25, 0.3) is 11.0 Å². The summed E-state index contributed by atoms with van der Waals surface area (Å²) in [5.41, 5.74) is 0.849. The third kappa shape index (κ3) is 3.31. The molecule has 2 aliphatic heterocycles. The molecule has 0 bridgehead atoms. The van der Waals surface area contributed by atoms with E-state index < -0.39 is 0 Å². The molecule has 4 heterocycles. The molecular weight excluding hydrogens is 270 g/mol. The van der Waals surface area contributed by atoms with Crippen LogP contribution in [0.2, 0.25) is 0 Å². The van der Waals surface area contributed by atoms with Gasteiger partial charge >= 0.3 is 0 Å². The van der Waals surface area contributed by atoms with E-state index in [0.29, 0.717) is 6.54 Å². The quantitative estimate of drug-likeness (QED) is 0.584. The summed E-state index contributed by atoms with van der Waals surface area (Å²) in [6.45, 7) is 3.30. The first kappa shape index (κ1) is 14.2. The van der Waals surface area contributed by atoms with Crippen molar-refractivity contribution in [3.8, 4) is 0 Å². The molecule has 2 saturated heterocycles. The van der Waals surface area contributed by atoms with Crippen molar-refractivity contribution < 1.29 is 10.2 Å².